The Labute approximate surface area is 104 Å². The van der Waals surface area contributed by atoms with E-state index in [2.05, 4.69) is 10.1 Å². The third-order valence-electron chi connectivity index (χ3n) is 2.88. The Morgan fingerprint density at radius 3 is 2.83 bits per heavy atom. The molecule has 6 nitrogen and oxygen atoms in total. The van der Waals surface area contributed by atoms with Crippen LogP contribution in [0.25, 0.3) is 5.65 Å². The van der Waals surface area contributed by atoms with E-state index in [1.165, 1.54) is 6.20 Å². The molecule has 0 amide bonds. The Balaban J connectivity index is 2.68. The molecule has 0 aliphatic carbocycles. The molecule has 6 heteroatoms. The average molecular weight is 249 g/mol. The van der Waals surface area contributed by atoms with Gasteiger partial charge in [0.05, 0.1) is 12.8 Å². The molecule has 18 heavy (non-hydrogen) atoms. The van der Waals surface area contributed by atoms with Crippen molar-refractivity contribution in [1.29, 1.82) is 0 Å². The number of aryl methyl sites for hydroxylation is 1. The Kier molecular flexibility index (Phi) is 3.18. The molecule has 0 aliphatic rings. The molecule has 0 saturated carbocycles. The number of hydrogen-bond acceptors (Lipinski definition) is 4. The number of nitrogens with zero attached hydrogens (tertiary/aromatic N) is 2. The molecule has 2 rings (SSSR count). The van der Waals surface area contributed by atoms with E-state index in [1.807, 2.05) is 13.8 Å². The summed E-state index contributed by atoms with van der Waals surface area (Å²) in [6.07, 6.45) is 2.03. The molecular formula is C12H15N3O3. The van der Waals surface area contributed by atoms with Crippen molar-refractivity contribution < 1.29 is 9.53 Å². The van der Waals surface area contributed by atoms with Gasteiger partial charge in [0, 0.05) is 11.3 Å². The van der Waals surface area contributed by atoms with Gasteiger partial charge in [0.25, 0.3) is 5.56 Å². The Morgan fingerprint density at radius 2 is 2.22 bits per heavy atom. The fourth-order valence-electron chi connectivity index (χ4n) is 1.97. The summed E-state index contributed by atoms with van der Waals surface area (Å²) in [6, 6.07) is 0. The van der Waals surface area contributed by atoms with Crippen LogP contribution >= 0.6 is 0 Å². The van der Waals surface area contributed by atoms with Gasteiger partial charge in [-0.05, 0) is 20.3 Å². The first-order chi connectivity index (χ1) is 8.60. The van der Waals surface area contributed by atoms with Crippen LogP contribution in [0.5, 0.6) is 0 Å². The van der Waals surface area contributed by atoms with Gasteiger partial charge in [0.15, 0.2) is 5.65 Å². The van der Waals surface area contributed by atoms with Crippen molar-refractivity contribution in [2.45, 2.75) is 27.2 Å². The molecule has 0 saturated heterocycles. The number of H-pyrrole nitrogens is 1. The molecule has 0 radical (unpaired) electrons. The lowest BCUT2D eigenvalue weighted by atomic mass is 10.2. The number of hydrogen-bond donors (Lipinski definition) is 1. The summed E-state index contributed by atoms with van der Waals surface area (Å²) in [6.45, 7) is 5.72. The van der Waals surface area contributed by atoms with Gasteiger partial charge in [0.2, 0.25) is 0 Å². The highest BCUT2D eigenvalue weighted by Crippen LogP contribution is 2.12. The van der Waals surface area contributed by atoms with Crippen molar-refractivity contribution in [2.75, 3.05) is 6.61 Å². The molecule has 2 heterocycles. The summed E-state index contributed by atoms with van der Waals surface area (Å²) in [5.74, 6) is -0.480. The molecule has 0 fully saturated rings. The number of aromatic nitrogens is 3. The Bertz CT molecular complexity index is 654. The second-order valence-corrected chi connectivity index (χ2v) is 3.91. The van der Waals surface area contributed by atoms with Gasteiger partial charge >= 0.3 is 5.97 Å². The van der Waals surface area contributed by atoms with Gasteiger partial charge in [0.1, 0.15) is 5.56 Å². The summed E-state index contributed by atoms with van der Waals surface area (Å²) in [4.78, 5) is 26.2. The molecule has 0 aromatic carbocycles. The molecule has 2 aromatic rings. The Hall–Kier alpha value is -2.11. The molecule has 0 atom stereocenters. The predicted molar refractivity (Wildman–Crippen MR) is 65.9 cm³/mol. The van der Waals surface area contributed by atoms with Crippen molar-refractivity contribution in [3.8, 4) is 0 Å². The number of ether oxygens (including phenoxy) is 1. The number of fused-ring (bicyclic) bond motifs is 1. The first-order valence-corrected chi connectivity index (χ1v) is 5.86. The standard InChI is InChI=1S/C12H15N3O3/c1-4-8-7(3)15-10(14-11(8)16)9(6-13-15)12(17)18-5-2/h6H,4-5H2,1-3H3,(H,14,16). The zero-order valence-electron chi connectivity index (χ0n) is 10.6. The number of esters is 1. The Morgan fingerprint density at radius 1 is 1.50 bits per heavy atom. The highest BCUT2D eigenvalue weighted by Gasteiger charge is 2.17. The van der Waals surface area contributed by atoms with Crippen LogP contribution in [0.15, 0.2) is 11.0 Å². The third kappa shape index (κ3) is 1.79. The van der Waals surface area contributed by atoms with E-state index >= 15 is 0 Å². The van der Waals surface area contributed by atoms with Crippen molar-refractivity contribution in [3.05, 3.63) is 33.4 Å². The number of carbonyl (C=O) groups is 1. The van der Waals surface area contributed by atoms with E-state index < -0.39 is 5.97 Å². The van der Waals surface area contributed by atoms with Crippen molar-refractivity contribution in [1.82, 2.24) is 14.6 Å². The van der Waals surface area contributed by atoms with Crippen LogP contribution < -0.4 is 5.56 Å². The number of nitrogens with one attached hydrogen (secondary N) is 1. The van der Waals surface area contributed by atoms with Gasteiger partial charge in [-0.25, -0.2) is 9.31 Å². The SMILES string of the molecule is CCOC(=O)c1cnn2c(C)c(CC)c(=O)[nH]c12. The lowest BCUT2D eigenvalue weighted by molar-refractivity contribution is 0.0528. The minimum atomic E-state index is -0.480. The number of rotatable bonds is 3. The third-order valence-corrected chi connectivity index (χ3v) is 2.88. The minimum absolute atomic E-state index is 0.187. The summed E-state index contributed by atoms with van der Waals surface area (Å²) in [5, 5.41) is 4.12. The van der Waals surface area contributed by atoms with E-state index in [0.717, 1.165) is 5.69 Å². The predicted octanol–water partition coefficient (Wildman–Crippen LogP) is 1.07. The topological polar surface area (TPSA) is 76.5 Å². The van der Waals surface area contributed by atoms with Gasteiger partial charge in [-0.2, -0.15) is 5.10 Å². The minimum Gasteiger partial charge on any atom is -0.462 e. The number of carbonyl (C=O) groups excluding carboxylic acids is 1. The monoisotopic (exact) mass is 249 g/mol. The van der Waals surface area contributed by atoms with Crippen LogP contribution in [0.4, 0.5) is 0 Å². The van der Waals surface area contributed by atoms with Crippen molar-refractivity contribution in [3.63, 3.8) is 0 Å². The maximum Gasteiger partial charge on any atom is 0.343 e. The van der Waals surface area contributed by atoms with Crippen molar-refractivity contribution >= 4 is 11.6 Å². The lowest BCUT2D eigenvalue weighted by Crippen LogP contribution is -2.18. The maximum atomic E-state index is 11.9. The van der Waals surface area contributed by atoms with Crippen LogP contribution in [0.2, 0.25) is 0 Å². The summed E-state index contributed by atoms with van der Waals surface area (Å²) in [5.41, 5.74) is 1.88. The molecule has 0 aliphatic heterocycles. The fourth-order valence-corrected chi connectivity index (χ4v) is 1.97. The largest absolute Gasteiger partial charge is 0.462 e. The molecule has 2 aromatic heterocycles. The molecule has 0 unspecified atom stereocenters. The van der Waals surface area contributed by atoms with Gasteiger partial charge < -0.3 is 9.72 Å². The van der Waals surface area contributed by atoms with E-state index in [-0.39, 0.29) is 17.7 Å². The zero-order chi connectivity index (χ0) is 13.3. The van der Waals surface area contributed by atoms with Crippen LogP contribution in [-0.4, -0.2) is 27.2 Å². The quantitative estimate of drug-likeness (QED) is 0.825. The van der Waals surface area contributed by atoms with Gasteiger partial charge in [-0.3, -0.25) is 4.79 Å². The van der Waals surface area contributed by atoms with E-state index in [9.17, 15) is 9.59 Å². The van der Waals surface area contributed by atoms with Gasteiger partial charge in [-0.1, -0.05) is 6.92 Å². The summed E-state index contributed by atoms with van der Waals surface area (Å²) >= 11 is 0. The first kappa shape index (κ1) is 12.3. The lowest BCUT2D eigenvalue weighted by Gasteiger charge is -2.05. The molecule has 1 N–H and O–H groups in total. The molecule has 0 spiro atoms. The van der Waals surface area contributed by atoms with Crippen LogP contribution in [0, 0.1) is 6.92 Å². The van der Waals surface area contributed by atoms with Crippen LogP contribution in [0.1, 0.15) is 35.5 Å². The highest BCUT2D eigenvalue weighted by atomic mass is 16.5. The second-order valence-electron chi connectivity index (χ2n) is 3.91. The normalized spacial score (nSPS) is 10.8. The zero-order valence-corrected chi connectivity index (χ0v) is 10.6. The highest BCUT2D eigenvalue weighted by molar-refractivity contribution is 5.95. The average Bonchev–Trinajstić information content (AvgIpc) is 2.73. The van der Waals surface area contributed by atoms with E-state index in [4.69, 9.17) is 4.74 Å². The molecular weight excluding hydrogens is 234 g/mol. The smallest absolute Gasteiger partial charge is 0.343 e. The first-order valence-electron chi connectivity index (χ1n) is 5.86. The number of aromatic amines is 1. The van der Waals surface area contributed by atoms with E-state index in [1.54, 1.807) is 11.4 Å². The molecule has 96 valence electrons. The second kappa shape index (κ2) is 4.64. The van der Waals surface area contributed by atoms with Crippen LogP contribution in [-0.2, 0) is 11.2 Å². The fraction of sp³-hybridized carbons (Fsp3) is 0.417. The summed E-state index contributed by atoms with van der Waals surface area (Å²) < 4.78 is 6.48. The van der Waals surface area contributed by atoms with Gasteiger partial charge in [-0.15, -0.1) is 0 Å². The maximum absolute atomic E-state index is 11.9. The van der Waals surface area contributed by atoms with Crippen LogP contribution in [0.3, 0.4) is 0 Å². The summed E-state index contributed by atoms with van der Waals surface area (Å²) in [7, 11) is 0. The van der Waals surface area contributed by atoms with E-state index in [0.29, 0.717) is 17.6 Å². The molecule has 0 bridgehead atoms. The van der Waals surface area contributed by atoms with Crippen molar-refractivity contribution in [2.24, 2.45) is 0 Å².